The number of carbonyl (C=O) groups excluding carboxylic acids is 1. The molecule has 0 radical (unpaired) electrons. The first-order chi connectivity index (χ1) is 14.7. The molecule has 6 heteroatoms. The molecule has 3 aromatic carbocycles. The van der Waals surface area contributed by atoms with E-state index in [4.69, 9.17) is 4.74 Å². The number of hydrogen-bond acceptors (Lipinski definition) is 4. The van der Waals surface area contributed by atoms with Crippen molar-refractivity contribution < 1.29 is 9.53 Å². The van der Waals surface area contributed by atoms with Crippen molar-refractivity contribution >= 4 is 12.1 Å². The molecule has 148 valence electrons. The molecule has 0 atom stereocenters. The summed E-state index contributed by atoms with van der Waals surface area (Å²) in [5, 5.41) is 8.73. The van der Waals surface area contributed by atoms with Gasteiger partial charge in [0, 0.05) is 11.8 Å². The molecule has 0 aliphatic carbocycles. The second-order valence-corrected chi connectivity index (χ2v) is 6.51. The summed E-state index contributed by atoms with van der Waals surface area (Å²) in [6.45, 7) is 0. The summed E-state index contributed by atoms with van der Waals surface area (Å²) < 4.78 is 6.84. The van der Waals surface area contributed by atoms with Crippen LogP contribution in [0.25, 0.3) is 16.9 Å². The highest BCUT2D eigenvalue weighted by atomic mass is 16.5. The monoisotopic (exact) mass is 396 g/mol. The predicted molar refractivity (Wildman–Crippen MR) is 117 cm³/mol. The van der Waals surface area contributed by atoms with Gasteiger partial charge in [0.15, 0.2) is 0 Å². The third kappa shape index (κ3) is 4.28. The number of nitrogens with one attached hydrogen (secondary N) is 1. The van der Waals surface area contributed by atoms with Gasteiger partial charge in [-0.15, -0.1) is 0 Å². The van der Waals surface area contributed by atoms with Crippen LogP contribution in [-0.2, 0) is 0 Å². The minimum Gasteiger partial charge on any atom is -0.497 e. The van der Waals surface area contributed by atoms with Crippen molar-refractivity contribution in [3.05, 3.63) is 102 Å². The number of hydrogen-bond donors (Lipinski definition) is 1. The summed E-state index contributed by atoms with van der Waals surface area (Å²) in [7, 11) is 1.61. The van der Waals surface area contributed by atoms with Gasteiger partial charge in [0.25, 0.3) is 5.91 Å². The van der Waals surface area contributed by atoms with Gasteiger partial charge >= 0.3 is 0 Å². The third-order valence-electron chi connectivity index (χ3n) is 4.52. The standard InChI is InChI=1S/C24H20N4O2/c1-30-21-14-12-18(13-15-21)16-25-26-24(29)22-17-28(20-10-6-3-7-11-20)27-23(22)19-8-4-2-5-9-19/h2-17H,1H3,(H,26,29)/b25-16-. The van der Waals surface area contributed by atoms with Crippen LogP contribution in [0.3, 0.4) is 0 Å². The van der Waals surface area contributed by atoms with Gasteiger partial charge in [-0.05, 0) is 42.0 Å². The first-order valence-corrected chi connectivity index (χ1v) is 9.42. The van der Waals surface area contributed by atoms with Gasteiger partial charge in [-0.3, -0.25) is 4.79 Å². The fourth-order valence-corrected chi connectivity index (χ4v) is 2.98. The summed E-state index contributed by atoms with van der Waals surface area (Å²) in [5.74, 6) is 0.429. The fraction of sp³-hybridized carbons (Fsp3) is 0.0417. The Balaban J connectivity index is 1.60. The Morgan fingerprint density at radius 3 is 2.30 bits per heavy atom. The molecule has 0 unspecified atom stereocenters. The molecule has 1 heterocycles. The van der Waals surface area contributed by atoms with Gasteiger partial charge in [0.2, 0.25) is 0 Å². The topological polar surface area (TPSA) is 68.5 Å². The van der Waals surface area contributed by atoms with Gasteiger partial charge in [-0.25, -0.2) is 10.1 Å². The zero-order chi connectivity index (χ0) is 20.8. The third-order valence-corrected chi connectivity index (χ3v) is 4.52. The van der Waals surface area contributed by atoms with Crippen molar-refractivity contribution in [2.45, 2.75) is 0 Å². The number of para-hydroxylation sites is 1. The normalized spacial score (nSPS) is 10.8. The molecule has 0 bridgehead atoms. The Kier molecular flexibility index (Phi) is 5.66. The smallest absolute Gasteiger partial charge is 0.275 e. The molecular weight excluding hydrogens is 376 g/mol. The number of amides is 1. The molecule has 1 N–H and O–H groups in total. The van der Waals surface area contributed by atoms with E-state index in [2.05, 4.69) is 15.6 Å². The molecule has 6 nitrogen and oxygen atoms in total. The molecule has 0 saturated carbocycles. The quantitative estimate of drug-likeness (QED) is 0.390. The maximum Gasteiger partial charge on any atom is 0.275 e. The van der Waals surface area contributed by atoms with Crippen LogP contribution in [0.15, 0.2) is 96.2 Å². The van der Waals surface area contributed by atoms with Crippen LogP contribution in [0, 0.1) is 0 Å². The van der Waals surface area contributed by atoms with Crippen molar-refractivity contribution in [2.75, 3.05) is 7.11 Å². The van der Waals surface area contributed by atoms with Crippen molar-refractivity contribution in [1.29, 1.82) is 0 Å². The summed E-state index contributed by atoms with van der Waals surface area (Å²) in [5.41, 5.74) is 6.21. The van der Waals surface area contributed by atoms with Crippen LogP contribution in [0.2, 0.25) is 0 Å². The second kappa shape index (κ2) is 8.87. The molecule has 4 rings (SSSR count). The van der Waals surface area contributed by atoms with Gasteiger partial charge in [0.1, 0.15) is 11.4 Å². The Hall–Kier alpha value is -4.19. The minimum atomic E-state index is -0.333. The number of nitrogens with zero attached hydrogens (tertiary/aromatic N) is 3. The van der Waals surface area contributed by atoms with Crippen LogP contribution in [0.1, 0.15) is 15.9 Å². The second-order valence-electron chi connectivity index (χ2n) is 6.51. The van der Waals surface area contributed by atoms with Gasteiger partial charge in [-0.2, -0.15) is 10.2 Å². The van der Waals surface area contributed by atoms with E-state index in [1.54, 1.807) is 24.2 Å². The number of hydrazone groups is 1. The number of carbonyl (C=O) groups is 1. The molecule has 0 saturated heterocycles. The largest absolute Gasteiger partial charge is 0.497 e. The zero-order valence-electron chi connectivity index (χ0n) is 16.4. The lowest BCUT2D eigenvalue weighted by atomic mass is 10.1. The zero-order valence-corrected chi connectivity index (χ0v) is 16.4. The highest BCUT2D eigenvalue weighted by Crippen LogP contribution is 2.23. The van der Waals surface area contributed by atoms with Gasteiger partial charge in [0.05, 0.1) is 24.6 Å². The number of ether oxygens (including phenoxy) is 1. The number of benzene rings is 3. The van der Waals surface area contributed by atoms with Crippen LogP contribution in [-0.4, -0.2) is 29.0 Å². The molecule has 0 aliphatic rings. The van der Waals surface area contributed by atoms with E-state index in [-0.39, 0.29) is 5.91 Å². The SMILES string of the molecule is COc1ccc(/C=N\NC(=O)c2cn(-c3ccccc3)nc2-c2ccccc2)cc1. The number of rotatable bonds is 6. The Labute approximate surface area is 174 Å². The van der Waals surface area contributed by atoms with E-state index >= 15 is 0 Å². The van der Waals surface area contributed by atoms with E-state index in [1.807, 2.05) is 84.9 Å². The molecule has 30 heavy (non-hydrogen) atoms. The minimum absolute atomic E-state index is 0.333. The van der Waals surface area contributed by atoms with Crippen LogP contribution in [0.4, 0.5) is 0 Å². The number of methoxy groups -OCH3 is 1. The lowest BCUT2D eigenvalue weighted by molar-refractivity contribution is 0.0955. The first-order valence-electron chi connectivity index (χ1n) is 9.42. The first kappa shape index (κ1) is 19.1. The van der Waals surface area contributed by atoms with E-state index in [0.29, 0.717) is 11.3 Å². The lowest BCUT2D eigenvalue weighted by Crippen LogP contribution is -2.17. The number of aromatic nitrogens is 2. The molecule has 0 aliphatic heterocycles. The predicted octanol–water partition coefficient (Wildman–Crippen LogP) is 4.31. The molecule has 4 aromatic rings. The molecule has 1 amide bonds. The average molecular weight is 396 g/mol. The van der Waals surface area contributed by atoms with E-state index in [9.17, 15) is 4.79 Å². The van der Waals surface area contributed by atoms with Crippen molar-refractivity contribution in [3.8, 4) is 22.7 Å². The molecule has 1 aromatic heterocycles. The molecule has 0 fully saturated rings. The van der Waals surface area contributed by atoms with E-state index < -0.39 is 0 Å². The van der Waals surface area contributed by atoms with Crippen molar-refractivity contribution in [1.82, 2.24) is 15.2 Å². The summed E-state index contributed by atoms with van der Waals surface area (Å²) in [4.78, 5) is 12.9. The fourth-order valence-electron chi connectivity index (χ4n) is 2.98. The van der Waals surface area contributed by atoms with Crippen LogP contribution < -0.4 is 10.2 Å². The van der Waals surface area contributed by atoms with Gasteiger partial charge < -0.3 is 4.74 Å². The van der Waals surface area contributed by atoms with Crippen molar-refractivity contribution in [2.24, 2.45) is 5.10 Å². The van der Waals surface area contributed by atoms with E-state index in [1.165, 1.54) is 0 Å². The highest BCUT2D eigenvalue weighted by molar-refractivity contribution is 6.00. The molecule has 0 spiro atoms. The summed E-state index contributed by atoms with van der Waals surface area (Å²) in [6, 6.07) is 26.7. The van der Waals surface area contributed by atoms with Crippen molar-refractivity contribution in [3.63, 3.8) is 0 Å². The highest BCUT2D eigenvalue weighted by Gasteiger charge is 2.18. The average Bonchev–Trinajstić information content (AvgIpc) is 3.26. The Morgan fingerprint density at radius 1 is 0.967 bits per heavy atom. The summed E-state index contributed by atoms with van der Waals surface area (Å²) in [6.07, 6.45) is 3.30. The Morgan fingerprint density at radius 2 is 1.63 bits per heavy atom. The van der Waals surface area contributed by atoms with E-state index in [0.717, 1.165) is 22.6 Å². The molecular formula is C24H20N4O2. The lowest BCUT2D eigenvalue weighted by Gasteiger charge is -2.01. The Bertz CT molecular complexity index is 1150. The maximum atomic E-state index is 12.9. The summed E-state index contributed by atoms with van der Waals surface area (Å²) >= 11 is 0. The van der Waals surface area contributed by atoms with Crippen LogP contribution >= 0.6 is 0 Å². The van der Waals surface area contributed by atoms with Crippen LogP contribution in [0.5, 0.6) is 5.75 Å². The maximum absolute atomic E-state index is 12.9. The van der Waals surface area contributed by atoms with Gasteiger partial charge in [-0.1, -0.05) is 48.5 Å².